The van der Waals surface area contributed by atoms with Crippen molar-refractivity contribution in [3.8, 4) is 5.75 Å². The number of ether oxygens (including phenoxy) is 1. The molecular formula is C12H16O3. The van der Waals surface area contributed by atoms with E-state index in [1.54, 1.807) is 12.1 Å². The summed E-state index contributed by atoms with van der Waals surface area (Å²) >= 11 is 0. The van der Waals surface area contributed by atoms with Crippen molar-refractivity contribution in [2.45, 2.75) is 26.7 Å². The predicted molar refractivity (Wildman–Crippen MR) is 58.7 cm³/mol. The standard InChI is InChI=1S/C12H16O3/c1-4-15-11-7-9(8(2)3)5-6-10(11)12(13)14/h5-8H,4H2,1-3H3,(H,13,14). The van der Waals surface area contributed by atoms with Gasteiger partial charge in [0, 0.05) is 0 Å². The number of carbonyl (C=O) groups is 1. The Morgan fingerprint density at radius 2 is 2.13 bits per heavy atom. The predicted octanol–water partition coefficient (Wildman–Crippen LogP) is 2.91. The number of carboxylic acid groups (broad SMARTS) is 1. The SMILES string of the molecule is CCOc1cc(C(C)C)ccc1C(=O)O. The Kier molecular flexibility index (Phi) is 3.72. The van der Waals surface area contributed by atoms with Crippen LogP contribution in [0.15, 0.2) is 18.2 Å². The average Bonchev–Trinajstić information content (AvgIpc) is 2.17. The van der Waals surface area contributed by atoms with Crippen LogP contribution in [0.5, 0.6) is 5.75 Å². The minimum atomic E-state index is -0.950. The van der Waals surface area contributed by atoms with Gasteiger partial charge in [-0.05, 0) is 30.5 Å². The number of hydrogen-bond acceptors (Lipinski definition) is 2. The lowest BCUT2D eigenvalue weighted by Crippen LogP contribution is -2.04. The van der Waals surface area contributed by atoms with E-state index in [4.69, 9.17) is 9.84 Å². The molecule has 1 aromatic rings. The van der Waals surface area contributed by atoms with Crippen molar-refractivity contribution >= 4 is 5.97 Å². The molecule has 0 heterocycles. The highest BCUT2D eigenvalue weighted by molar-refractivity contribution is 5.91. The second kappa shape index (κ2) is 4.82. The van der Waals surface area contributed by atoms with Crippen molar-refractivity contribution in [1.82, 2.24) is 0 Å². The van der Waals surface area contributed by atoms with E-state index in [9.17, 15) is 4.79 Å². The summed E-state index contributed by atoms with van der Waals surface area (Å²) in [5.41, 5.74) is 1.31. The first-order chi connectivity index (χ1) is 7.06. The molecule has 1 aromatic carbocycles. The van der Waals surface area contributed by atoms with Crippen LogP contribution in [0.1, 0.15) is 42.6 Å². The van der Waals surface area contributed by atoms with E-state index in [0.717, 1.165) is 5.56 Å². The van der Waals surface area contributed by atoms with Crippen LogP contribution in [0.4, 0.5) is 0 Å². The molecule has 0 saturated carbocycles. The van der Waals surface area contributed by atoms with Gasteiger partial charge in [0.1, 0.15) is 11.3 Å². The van der Waals surface area contributed by atoms with Gasteiger partial charge < -0.3 is 9.84 Å². The van der Waals surface area contributed by atoms with Crippen molar-refractivity contribution in [3.05, 3.63) is 29.3 Å². The zero-order valence-electron chi connectivity index (χ0n) is 9.28. The number of hydrogen-bond donors (Lipinski definition) is 1. The molecule has 0 atom stereocenters. The van der Waals surface area contributed by atoms with Gasteiger partial charge in [-0.1, -0.05) is 19.9 Å². The second-order valence-electron chi connectivity index (χ2n) is 3.65. The number of aromatic carboxylic acids is 1. The molecule has 0 amide bonds. The maximum absolute atomic E-state index is 10.9. The van der Waals surface area contributed by atoms with Crippen molar-refractivity contribution < 1.29 is 14.6 Å². The Morgan fingerprint density at radius 3 is 2.60 bits per heavy atom. The van der Waals surface area contributed by atoms with Crippen molar-refractivity contribution in [2.24, 2.45) is 0 Å². The lowest BCUT2D eigenvalue weighted by molar-refractivity contribution is 0.0692. The molecule has 0 saturated heterocycles. The fourth-order valence-corrected chi connectivity index (χ4v) is 1.35. The highest BCUT2D eigenvalue weighted by Crippen LogP contribution is 2.24. The van der Waals surface area contributed by atoms with Crippen molar-refractivity contribution in [1.29, 1.82) is 0 Å². The summed E-state index contributed by atoms with van der Waals surface area (Å²) in [4.78, 5) is 10.9. The first kappa shape index (κ1) is 11.6. The third-order valence-corrected chi connectivity index (χ3v) is 2.20. The van der Waals surface area contributed by atoms with Crippen molar-refractivity contribution in [3.63, 3.8) is 0 Å². The summed E-state index contributed by atoms with van der Waals surface area (Å²) in [7, 11) is 0. The number of benzene rings is 1. The smallest absolute Gasteiger partial charge is 0.339 e. The van der Waals surface area contributed by atoms with E-state index in [1.807, 2.05) is 13.0 Å². The summed E-state index contributed by atoms with van der Waals surface area (Å²) in [6, 6.07) is 5.23. The van der Waals surface area contributed by atoms with Crippen LogP contribution in [-0.4, -0.2) is 17.7 Å². The monoisotopic (exact) mass is 208 g/mol. The molecule has 0 bridgehead atoms. The summed E-state index contributed by atoms with van der Waals surface area (Å²) in [5, 5.41) is 8.94. The largest absolute Gasteiger partial charge is 0.493 e. The fraction of sp³-hybridized carbons (Fsp3) is 0.417. The highest BCUT2D eigenvalue weighted by atomic mass is 16.5. The highest BCUT2D eigenvalue weighted by Gasteiger charge is 2.12. The molecule has 15 heavy (non-hydrogen) atoms. The minimum Gasteiger partial charge on any atom is -0.493 e. The molecule has 82 valence electrons. The van der Waals surface area contributed by atoms with E-state index in [-0.39, 0.29) is 5.56 Å². The van der Waals surface area contributed by atoms with Gasteiger partial charge in [0.05, 0.1) is 6.61 Å². The topological polar surface area (TPSA) is 46.5 Å². The van der Waals surface area contributed by atoms with E-state index in [0.29, 0.717) is 18.3 Å². The Balaban J connectivity index is 3.14. The minimum absolute atomic E-state index is 0.223. The van der Waals surface area contributed by atoms with E-state index < -0.39 is 5.97 Å². The van der Waals surface area contributed by atoms with Crippen LogP contribution >= 0.6 is 0 Å². The molecule has 1 N–H and O–H groups in total. The molecule has 0 aromatic heterocycles. The molecule has 0 radical (unpaired) electrons. The molecule has 0 fully saturated rings. The zero-order valence-corrected chi connectivity index (χ0v) is 9.28. The van der Waals surface area contributed by atoms with Crippen LogP contribution in [0.3, 0.4) is 0 Å². The van der Waals surface area contributed by atoms with Crippen LogP contribution in [0.2, 0.25) is 0 Å². The average molecular weight is 208 g/mol. The fourth-order valence-electron chi connectivity index (χ4n) is 1.35. The van der Waals surface area contributed by atoms with Gasteiger partial charge in [0.25, 0.3) is 0 Å². The first-order valence-corrected chi connectivity index (χ1v) is 5.06. The normalized spacial score (nSPS) is 10.4. The van der Waals surface area contributed by atoms with E-state index >= 15 is 0 Å². The Bertz CT molecular complexity index is 356. The first-order valence-electron chi connectivity index (χ1n) is 5.06. The molecule has 0 aliphatic rings. The van der Waals surface area contributed by atoms with Gasteiger partial charge in [-0.3, -0.25) is 0 Å². The molecule has 3 nitrogen and oxygen atoms in total. The Labute approximate surface area is 89.7 Å². The van der Waals surface area contributed by atoms with Gasteiger partial charge in [-0.25, -0.2) is 4.79 Å². The lowest BCUT2D eigenvalue weighted by atomic mass is 10.0. The molecule has 0 aliphatic heterocycles. The molecule has 3 heteroatoms. The number of rotatable bonds is 4. The second-order valence-corrected chi connectivity index (χ2v) is 3.65. The number of carboxylic acids is 1. The maximum Gasteiger partial charge on any atom is 0.339 e. The van der Waals surface area contributed by atoms with Gasteiger partial charge in [0.15, 0.2) is 0 Å². The maximum atomic E-state index is 10.9. The Hall–Kier alpha value is -1.51. The Morgan fingerprint density at radius 1 is 1.47 bits per heavy atom. The third kappa shape index (κ3) is 2.72. The van der Waals surface area contributed by atoms with Crippen molar-refractivity contribution in [2.75, 3.05) is 6.61 Å². The lowest BCUT2D eigenvalue weighted by Gasteiger charge is -2.11. The molecular weight excluding hydrogens is 192 g/mol. The van der Waals surface area contributed by atoms with E-state index in [1.165, 1.54) is 0 Å². The van der Waals surface area contributed by atoms with Crippen LogP contribution in [0, 0.1) is 0 Å². The molecule has 0 unspecified atom stereocenters. The summed E-state index contributed by atoms with van der Waals surface area (Å²) in [6.45, 7) is 6.44. The molecule has 0 spiro atoms. The van der Waals surface area contributed by atoms with Crippen LogP contribution in [-0.2, 0) is 0 Å². The van der Waals surface area contributed by atoms with Crippen LogP contribution < -0.4 is 4.74 Å². The summed E-state index contributed by atoms with van der Waals surface area (Å²) in [5.74, 6) is -0.128. The zero-order chi connectivity index (χ0) is 11.4. The van der Waals surface area contributed by atoms with Gasteiger partial charge in [-0.15, -0.1) is 0 Å². The van der Waals surface area contributed by atoms with Crippen LogP contribution in [0.25, 0.3) is 0 Å². The summed E-state index contributed by atoms with van der Waals surface area (Å²) in [6.07, 6.45) is 0. The van der Waals surface area contributed by atoms with Gasteiger partial charge >= 0.3 is 5.97 Å². The molecule has 1 rings (SSSR count). The van der Waals surface area contributed by atoms with Gasteiger partial charge in [0.2, 0.25) is 0 Å². The van der Waals surface area contributed by atoms with E-state index in [2.05, 4.69) is 13.8 Å². The third-order valence-electron chi connectivity index (χ3n) is 2.20. The van der Waals surface area contributed by atoms with Gasteiger partial charge in [-0.2, -0.15) is 0 Å². The quantitative estimate of drug-likeness (QED) is 0.827. The molecule has 0 aliphatic carbocycles. The summed E-state index contributed by atoms with van der Waals surface area (Å²) < 4.78 is 5.31.